The fourth-order valence-corrected chi connectivity index (χ4v) is 4.07. The molecule has 1 aliphatic rings. The fraction of sp³-hybridized carbons (Fsp3) is 0.500. The summed E-state index contributed by atoms with van der Waals surface area (Å²) in [5.41, 5.74) is 0.733. The number of anilines is 2. The summed E-state index contributed by atoms with van der Waals surface area (Å²) in [6.45, 7) is 5.87. The van der Waals surface area contributed by atoms with Crippen molar-refractivity contribution < 1.29 is 9.84 Å². The molecule has 0 aliphatic carbocycles. The highest BCUT2D eigenvalue weighted by Gasteiger charge is 2.26. The van der Waals surface area contributed by atoms with Crippen LogP contribution in [-0.2, 0) is 18.3 Å². The Balaban J connectivity index is 1.64. The molecule has 10 heteroatoms. The maximum absolute atomic E-state index is 12.7. The summed E-state index contributed by atoms with van der Waals surface area (Å²) in [5, 5.41) is 10.6. The van der Waals surface area contributed by atoms with Crippen LogP contribution in [0.4, 0.5) is 11.6 Å². The van der Waals surface area contributed by atoms with Crippen molar-refractivity contribution in [3.05, 3.63) is 51.2 Å². The largest absolute Gasteiger partial charge is 0.389 e. The average Bonchev–Trinajstić information content (AvgIpc) is 3.18. The Bertz CT molecular complexity index is 1160. The lowest BCUT2D eigenvalue weighted by Crippen LogP contribution is -2.47. The zero-order valence-electron chi connectivity index (χ0n) is 18.5. The van der Waals surface area contributed by atoms with Crippen molar-refractivity contribution >= 4 is 22.8 Å². The summed E-state index contributed by atoms with van der Waals surface area (Å²) in [4.78, 5) is 36.2. The van der Waals surface area contributed by atoms with Gasteiger partial charge in [-0.1, -0.05) is 25.1 Å². The molecule has 0 saturated carbocycles. The number of aliphatic hydroxyl groups excluding tert-OH is 1. The molecule has 0 spiro atoms. The number of aromatic nitrogens is 4. The number of aliphatic hydroxyl groups is 1. The van der Waals surface area contributed by atoms with Crippen molar-refractivity contribution in [3.8, 4) is 0 Å². The quantitative estimate of drug-likeness (QED) is 0.490. The van der Waals surface area contributed by atoms with Crippen molar-refractivity contribution in [2.75, 3.05) is 49.2 Å². The topological polar surface area (TPSA) is 109 Å². The van der Waals surface area contributed by atoms with Crippen LogP contribution in [0.5, 0.6) is 0 Å². The van der Waals surface area contributed by atoms with E-state index in [1.54, 1.807) is 11.6 Å². The Kier molecular flexibility index (Phi) is 6.61. The minimum absolute atomic E-state index is 0.149. The zero-order chi connectivity index (χ0) is 22.7. The van der Waals surface area contributed by atoms with E-state index in [1.165, 1.54) is 10.3 Å². The van der Waals surface area contributed by atoms with Crippen LogP contribution >= 0.6 is 0 Å². The summed E-state index contributed by atoms with van der Waals surface area (Å²) < 4.78 is 8.53. The third-order valence-electron chi connectivity index (χ3n) is 5.72. The van der Waals surface area contributed by atoms with Crippen molar-refractivity contribution in [3.63, 3.8) is 0 Å². The molecule has 4 rings (SSSR count). The Morgan fingerprint density at radius 1 is 1.12 bits per heavy atom. The first-order valence-electron chi connectivity index (χ1n) is 11.0. The molecule has 32 heavy (non-hydrogen) atoms. The van der Waals surface area contributed by atoms with Gasteiger partial charge in [-0.2, -0.15) is 4.98 Å². The van der Waals surface area contributed by atoms with Gasteiger partial charge in [-0.25, -0.2) is 4.79 Å². The predicted octanol–water partition coefficient (Wildman–Crippen LogP) is 0.537. The van der Waals surface area contributed by atoms with Crippen LogP contribution in [0.15, 0.2) is 39.9 Å². The van der Waals surface area contributed by atoms with Crippen molar-refractivity contribution in [1.82, 2.24) is 19.1 Å². The van der Waals surface area contributed by atoms with E-state index in [0.29, 0.717) is 31.3 Å². The normalized spacial score (nSPS) is 15.5. The second-order valence-electron chi connectivity index (χ2n) is 8.05. The van der Waals surface area contributed by atoms with E-state index < -0.39 is 17.4 Å². The number of fused-ring (bicyclic) bond motifs is 1. The number of nitrogens with one attached hydrogen (secondary N) is 1. The number of hydrogen-bond acceptors (Lipinski definition) is 7. The van der Waals surface area contributed by atoms with Gasteiger partial charge in [0.1, 0.15) is 0 Å². The molecule has 0 bridgehead atoms. The van der Waals surface area contributed by atoms with Gasteiger partial charge in [0.2, 0.25) is 5.95 Å². The van der Waals surface area contributed by atoms with E-state index in [2.05, 4.69) is 31.9 Å². The van der Waals surface area contributed by atoms with Gasteiger partial charge in [0.05, 0.1) is 19.3 Å². The highest BCUT2D eigenvalue weighted by Crippen LogP contribution is 2.23. The molecule has 3 aromatic rings. The standard InChI is InChI=1S/C22H30N6O4/c1-3-13-32-15-17(29)14-28-18-19(25(2)22(31)24-20(18)30)23-21(28)27-11-9-26(10-12-27)16-7-5-4-6-8-16/h4-8,17,29H,3,9-15H2,1-2H3,(H,24,30,31). The SMILES string of the molecule is CCCOCC(O)Cn1c(N2CCN(c3ccccc3)CC2)nc2c1c(=O)[nH]c(=O)n2C. The Morgan fingerprint density at radius 2 is 1.81 bits per heavy atom. The molecular weight excluding hydrogens is 412 g/mol. The van der Waals surface area contributed by atoms with Crippen LogP contribution in [0.2, 0.25) is 0 Å². The number of imidazole rings is 1. The fourth-order valence-electron chi connectivity index (χ4n) is 4.07. The number of hydrogen-bond donors (Lipinski definition) is 2. The first kappa shape index (κ1) is 22.1. The van der Waals surface area contributed by atoms with Crippen molar-refractivity contribution in [2.45, 2.75) is 26.0 Å². The van der Waals surface area contributed by atoms with E-state index in [1.807, 2.05) is 25.1 Å². The number of aryl methyl sites for hydroxylation is 1. The van der Waals surface area contributed by atoms with E-state index in [4.69, 9.17) is 4.74 Å². The smallest absolute Gasteiger partial charge is 0.329 e. The lowest BCUT2D eigenvalue weighted by Gasteiger charge is -2.36. The van der Waals surface area contributed by atoms with Crippen molar-refractivity contribution in [2.24, 2.45) is 7.05 Å². The van der Waals surface area contributed by atoms with Crippen LogP contribution in [0.1, 0.15) is 13.3 Å². The number of H-pyrrole nitrogens is 1. The van der Waals surface area contributed by atoms with Gasteiger partial charge in [0, 0.05) is 45.5 Å². The summed E-state index contributed by atoms with van der Waals surface area (Å²) in [5.74, 6) is 0.578. The Hall–Kier alpha value is -3.11. The molecule has 1 aromatic carbocycles. The maximum atomic E-state index is 12.7. The molecule has 172 valence electrons. The molecule has 1 atom stereocenters. The maximum Gasteiger partial charge on any atom is 0.329 e. The van der Waals surface area contributed by atoms with Gasteiger partial charge in [-0.15, -0.1) is 0 Å². The first-order valence-corrected chi connectivity index (χ1v) is 11.0. The number of nitrogens with zero attached hydrogens (tertiary/aromatic N) is 5. The minimum Gasteiger partial charge on any atom is -0.389 e. The van der Waals surface area contributed by atoms with Crippen LogP contribution in [0.25, 0.3) is 11.2 Å². The molecule has 10 nitrogen and oxygen atoms in total. The molecule has 1 unspecified atom stereocenters. The van der Waals surface area contributed by atoms with Crippen LogP contribution < -0.4 is 21.0 Å². The number of piperazine rings is 1. The minimum atomic E-state index is -0.806. The molecule has 2 aromatic heterocycles. The van der Waals surface area contributed by atoms with Gasteiger partial charge in [0.15, 0.2) is 11.2 Å². The summed E-state index contributed by atoms with van der Waals surface area (Å²) >= 11 is 0. The molecule has 2 N–H and O–H groups in total. The zero-order valence-corrected chi connectivity index (χ0v) is 18.5. The Labute approximate surface area is 185 Å². The molecule has 3 heterocycles. The number of ether oxygens (including phenoxy) is 1. The average molecular weight is 443 g/mol. The number of benzene rings is 1. The summed E-state index contributed by atoms with van der Waals surface area (Å²) in [6, 6.07) is 10.2. The number of aromatic amines is 1. The van der Waals surface area contributed by atoms with E-state index >= 15 is 0 Å². The van der Waals surface area contributed by atoms with Gasteiger partial charge in [0.25, 0.3) is 5.56 Å². The van der Waals surface area contributed by atoms with Crippen LogP contribution in [0.3, 0.4) is 0 Å². The molecule has 1 aliphatic heterocycles. The van der Waals surface area contributed by atoms with Gasteiger partial charge < -0.3 is 24.2 Å². The predicted molar refractivity (Wildman–Crippen MR) is 124 cm³/mol. The lowest BCUT2D eigenvalue weighted by molar-refractivity contribution is 0.0291. The highest BCUT2D eigenvalue weighted by atomic mass is 16.5. The summed E-state index contributed by atoms with van der Waals surface area (Å²) in [6.07, 6.45) is 0.0550. The van der Waals surface area contributed by atoms with Crippen LogP contribution in [0, 0.1) is 0 Å². The summed E-state index contributed by atoms with van der Waals surface area (Å²) in [7, 11) is 1.58. The van der Waals surface area contributed by atoms with E-state index in [9.17, 15) is 14.7 Å². The van der Waals surface area contributed by atoms with Gasteiger partial charge >= 0.3 is 5.69 Å². The third-order valence-corrected chi connectivity index (χ3v) is 5.72. The molecular formula is C22H30N6O4. The molecule has 1 fully saturated rings. The third kappa shape index (κ3) is 4.42. The highest BCUT2D eigenvalue weighted by molar-refractivity contribution is 5.74. The van der Waals surface area contributed by atoms with Gasteiger partial charge in [-0.05, 0) is 18.6 Å². The molecule has 0 radical (unpaired) electrons. The van der Waals surface area contributed by atoms with Crippen molar-refractivity contribution in [1.29, 1.82) is 0 Å². The second-order valence-corrected chi connectivity index (χ2v) is 8.05. The van der Waals surface area contributed by atoms with Crippen LogP contribution in [-0.4, -0.2) is 69.7 Å². The van der Waals surface area contributed by atoms with E-state index in [-0.39, 0.29) is 18.7 Å². The number of para-hydroxylation sites is 1. The number of rotatable bonds is 8. The Morgan fingerprint density at radius 3 is 2.50 bits per heavy atom. The van der Waals surface area contributed by atoms with Gasteiger partial charge in [-0.3, -0.25) is 14.3 Å². The monoisotopic (exact) mass is 442 g/mol. The second kappa shape index (κ2) is 9.58. The first-order chi connectivity index (χ1) is 15.5. The van der Waals surface area contributed by atoms with E-state index in [0.717, 1.165) is 19.5 Å². The molecule has 0 amide bonds. The lowest BCUT2D eigenvalue weighted by atomic mass is 10.2. The molecule has 1 saturated heterocycles.